The average Bonchev–Trinajstić information content (AvgIpc) is 2.65. The molecule has 138 valence electrons. The Kier molecular flexibility index (Phi) is 6.25. The van der Waals surface area contributed by atoms with Crippen LogP contribution in [-0.4, -0.2) is 42.7 Å². The molecule has 1 heterocycles. The maximum Gasteiger partial charge on any atom is 0.232 e. The molecule has 4 heteroatoms. The number of nitrogens with zero attached hydrogens (tertiary/aromatic N) is 2. The Morgan fingerprint density at radius 3 is 2.27 bits per heavy atom. The minimum absolute atomic E-state index is 0.266. The van der Waals surface area contributed by atoms with Crippen LogP contribution in [0.2, 0.25) is 0 Å². The van der Waals surface area contributed by atoms with Gasteiger partial charge in [0.15, 0.2) is 0 Å². The van der Waals surface area contributed by atoms with Gasteiger partial charge in [-0.05, 0) is 49.6 Å². The van der Waals surface area contributed by atoms with E-state index in [9.17, 15) is 4.79 Å². The minimum atomic E-state index is 0.266. The molecule has 1 saturated heterocycles. The van der Waals surface area contributed by atoms with E-state index in [4.69, 9.17) is 0 Å². The summed E-state index contributed by atoms with van der Waals surface area (Å²) in [7, 11) is 0. The Hall–Kier alpha value is -1.94. The van der Waals surface area contributed by atoms with Crippen LogP contribution in [0.1, 0.15) is 22.3 Å². The zero-order valence-electron chi connectivity index (χ0n) is 16.0. The third kappa shape index (κ3) is 4.82. The lowest BCUT2D eigenvalue weighted by atomic mass is 10.1. The first-order chi connectivity index (χ1) is 12.5. The van der Waals surface area contributed by atoms with Crippen molar-refractivity contribution in [2.75, 3.05) is 36.8 Å². The summed E-state index contributed by atoms with van der Waals surface area (Å²) in [4.78, 5) is 16.9. The smallest absolute Gasteiger partial charge is 0.232 e. The molecule has 26 heavy (non-hydrogen) atoms. The Bertz CT molecular complexity index is 749. The summed E-state index contributed by atoms with van der Waals surface area (Å²) in [5.74, 6) is 1.73. The number of anilines is 1. The van der Waals surface area contributed by atoms with E-state index in [1.54, 1.807) is 11.8 Å². The second-order valence-electron chi connectivity index (χ2n) is 7.11. The van der Waals surface area contributed by atoms with Crippen LogP contribution in [0.4, 0.5) is 5.69 Å². The van der Waals surface area contributed by atoms with Crippen LogP contribution in [0.15, 0.2) is 42.5 Å². The van der Waals surface area contributed by atoms with Crippen LogP contribution in [0.3, 0.4) is 0 Å². The van der Waals surface area contributed by atoms with Gasteiger partial charge in [-0.15, -0.1) is 11.8 Å². The highest BCUT2D eigenvalue weighted by Gasteiger charge is 2.21. The van der Waals surface area contributed by atoms with E-state index in [2.05, 4.69) is 68.1 Å². The number of rotatable bonds is 5. The van der Waals surface area contributed by atoms with Crippen molar-refractivity contribution in [3.8, 4) is 0 Å². The fraction of sp³-hybridized carbons (Fsp3) is 0.409. The van der Waals surface area contributed by atoms with Crippen molar-refractivity contribution in [1.29, 1.82) is 0 Å². The number of carbonyl (C=O) groups excluding carboxylic acids is 1. The Morgan fingerprint density at radius 2 is 1.62 bits per heavy atom. The lowest BCUT2D eigenvalue weighted by Crippen LogP contribution is -2.49. The van der Waals surface area contributed by atoms with Gasteiger partial charge in [0.05, 0.1) is 5.75 Å². The highest BCUT2D eigenvalue weighted by Crippen LogP contribution is 2.19. The van der Waals surface area contributed by atoms with Crippen LogP contribution < -0.4 is 4.90 Å². The maximum atomic E-state index is 12.5. The summed E-state index contributed by atoms with van der Waals surface area (Å²) in [6.07, 6.45) is 0. The summed E-state index contributed by atoms with van der Waals surface area (Å²) in [6.45, 7) is 9.84. The van der Waals surface area contributed by atoms with Crippen molar-refractivity contribution >= 4 is 23.4 Å². The van der Waals surface area contributed by atoms with Crippen LogP contribution in [0.5, 0.6) is 0 Å². The van der Waals surface area contributed by atoms with E-state index in [0.29, 0.717) is 5.75 Å². The van der Waals surface area contributed by atoms with Crippen molar-refractivity contribution < 1.29 is 4.79 Å². The van der Waals surface area contributed by atoms with Crippen LogP contribution >= 0.6 is 11.8 Å². The number of hydrogen-bond donors (Lipinski definition) is 0. The molecule has 1 aliphatic rings. The van der Waals surface area contributed by atoms with Crippen molar-refractivity contribution in [3.05, 3.63) is 64.7 Å². The van der Waals surface area contributed by atoms with E-state index in [0.717, 1.165) is 31.9 Å². The van der Waals surface area contributed by atoms with Gasteiger partial charge in [0, 0.05) is 37.6 Å². The highest BCUT2D eigenvalue weighted by molar-refractivity contribution is 7.99. The summed E-state index contributed by atoms with van der Waals surface area (Å²) in [6, 6.07) is 15.2. The SMILES string of the molecule is Cc1ccc(N2CCN(C(=O)CSCc3ccc(C)c(C)c3)CC2)cc1. The lowest BCUT2D eigenvalue weighted by Gasteiger charge is -2.36. The van der Waals surface area contributed by atoms with Crippen LogP contribution in [0.25, 0.3) is 0 Å². The summed E-state index contributed by atoms with van der Waals surface area (Å²) in [5, 5.41) is 0. The number of hydrogen-bond acceptors (Lipinski definition) is 3. The third-order valence-corrected chi connectivity index (χ3v) is 6.09. The zero-order valence-corrected chi connectivity index (χ0v) is 16.8. The number of thioether (sulfide) groups is 1. The van der Waals surface area contributed by atoms with Gasteiger partial charge in [0.2, 0.25) is 5.91 Å². The van der Waals surface area contributed by atoms with Crippen molar-refractivity contribution in [2.24, 2.45) is 0 Å². The van der Waals surface area contributed by atoms with Crippen LogP contribution in [0, 0.1) is 20.8 Å². The second-order valence-corrected chi connectivity index (χ2v) is 8.10. The second kappa shape index (κ2) is 8.63. The van der Waals surface area contributed by atoms with E-state index in [1.807, 2.05) is 4.90 Å². The first kappa shape index (κ1) is 18.8. The quantitative estimate of drug-likeness (QED) is 0.790. The standard InChI is InChI=1S/C22H28N2OS/c1-17-4-8-21(9-5-17)23-10-12-24(13-11-23)22(25)16-26-15-20-7-6-18(2)19(3)14-20/h4-9,14H,10-13,15-16H2,1-3H3. The predicted molar refractivity (Wildman–Crippen MR) is 112 cm³/mol. The molecule has 3 nitrogen and oxygen atoms in total. The highest BCUT2D eigenvalue weighted by atomic mass is 32.2. The first-order valence-electron chi connectivity index (χ1n) is 9.26. The van der Waals surface area contributed by atoms with Gasteiger partial charge in [-0.3, -0.25) is 4.79 Å². The fourth-order valence-electron chi connectivity index (χ4n) is 3.21. The molecule has 0 bridgehead atoms. The zero-order chi connectivity index (χ0) is 18.5. The van der Waals surface area contributed by atoms with E-state index < -0.39 is 0 Å². The number of aryl methyl sites for hydroxylation is 3. The number of carbonyl (C=O) groups is 1. The number of piperazine rings is 1. The Morgan fingerprint density at radius 1 is 0.923 bits per heavy atom. The third-order valence-electron chi connectivity index (χ3n) is 5.10. The largest absolute Gasteiger partial charge is 0.368 e. The lowest BCUT2D eigenvalue weighted by molar-refractivity contribution is -0.128. The van der Waals surface area contributed by atoms with Gasteiger partial charge in [-0.2, -0.15) is 0 Å². The van der Waals surface area contributed by atoms with Crippen LogP contribution in [-0.2, 0) is 10.5 Å². The molecule has 0 spiro atoms. The molecule has 1 amide bonds. The maximum absolute atomic E-state index is 12.5. The number of benzene rings is 2. The van der Waals surface area contributed by atoms with Crippen molar-refractivity contribution in [2.45, 2.75) is 26.5 Å². The van der Waals surface area contributed by atoms with Crippen molar-refractivity contribution in [1.82, 2.24) is 4.90 Å². The average molecular weight is 369 g/mol. The van der Waals surface area contributed by atoms with E-state index in [1.165, 1.54) is 27.9 Å². The molecule has 1 fully saturated rings. The number of amides is 1. The summed E-state index contributed by atoms with van der Waals surface area (Å²) < 4.78 is 0. The molecule has 0 unspecified atom stereocenters. The molecular formula is C22H28N2OS. The molecular weight excluding hydrogens is 340 g/mol. The van der Waals surface area contributed by atoms with Gasteiger partial charge < -0.3 is 9.80 Å². The molecule has 2 aromatic carbocycles. The fourth-order valence-corrected chi connectivity index (χ4v) is 4.08. The Balaban J connectivity index is 1.43. The molecule has 0 saturated carbocycles. The molecule has 0 aromatic heterocycles. The first-order valence-corrected chi connectivity index (χ1v) is 10.4. The van der Waals surface area contributed by atoms with E-state index in [-0.39, 0.29) is 5.91 Å². The molecule has 2 aromatic rings. The molecule has 0 radical (unpaired) electrons. The van der Waals surface area contributed by atoms with Gasteiger partial charge in [-0.1, -0.05) is 35.9 Å². The molecule has 0 aliphatic carbocycles. The minimum Gasteiger partial charge on any atom is -0.368 e. The molecule has 0 atom stereocenters. The molecule has 0 N–H and O–H groups in total. The summed E-state index contributed by atoms with van der Waals surface area (Å²) >= 11 is 1.72. The summed E-state index contributed by atoms with van der Waals surface area (Å²) in [5.41, 5.74) is 6.48. The van der Waals surface area contributed by atoms with E-state index >= 15 is 0 Å². The topological polar surface area (TPSA) is 23.6 Å². The van der Waals surface area contributed by atoms with Gasteiger partial charge in [0.25, 0.3) is 0 Å². The van der Waals surface area contributed by atoms with Gasteiger partial charge >= 0.3 is 0 Å². The monoisotopic (exact) mass is 368 g/mol. The Labute approximate surface area is 161 Å². The predicted octanol–water partition coefficient (Wildman–Crippen LogP) is 4.19. The van der Waals surface area contributed by atoms with Gasteiger partial charge in [-0.25, -0.2) is 0 Å². The van der Waals surface area contributed by atoms with Gasteiger partial charge in [0.1, 0.15) is 0 Å². The molecule has 3 rings (SSSR count). The van der Waals surface area contributed by atoms with Crippen molar-refractivity contribution in [3.63, 3.8) is 0 Å². The molecule has 1 aliphatic heterocycles. The normalized spacial score (nSPS) is 14.6.